The van der Waals surface area contributed by atoms with E-state index in [2.05, 4.69) is 16.8 Å². The first kappa shape index (κ1) is 20.2. The number of aliphatic hydroxyl groups is 1. The number of aromatic nitrogens is 2. The molecule has 1 unspecified atom stereocenters. The molecule has 1 aromatic carbocycles. The molecule has 0 saturated carbocycles. The summed E-state index contributed by atoms with van der Waals surface area (Å²) in [5, 5.41) is 10.1. The van der Waals surface area contributed by atoms with E-state index in [4.69, 9.17) is 9.47 Å². The Labute approximate surface area is 155 Å². The number of carbonyl (C=O) groups excluding carboxylic acids is 1. The molecule has 142 valence electrons. The van der Waals surface area contributed by atoms with Crippen molar-refractivity contribution in [2.75, 3.05) is 13.2 Å². The van der Waals surface area contributed by atoms with Crippen LogP contribution in [-0.2, 0) is 21.0 Å². The van der Waals surface area contributed by atoms with Crippen LogP contribution in [0, 0.1) is 18.8 Å². The van der Waals surface area contributed by atoms with E-state index in [0.29, 0.717) is 5.56 Å². The van der Waals surface area contributed by atoms with Crippen LogP contribution in [-0.4, -0.2) is 33.8 Å². The summed E-state index contributed by atoms with van der Waals surface area (Å²) >= 11 is 0. The highest BCUT2D eigenvalue weighted by Crippen LogP contribution is 2.12. The lowest BCUT2D eigenvalue weighted by atomic mass is 10.1. The number of esters is 1. The molecule has 0 saturated heterocycles. The first-order valence-corrected chi connectivity index (χ1v) is 8.18. The largest absolute Gasteiger partial charge is 0.463 e. The minimum atomic E-state index is -1.06. The van der Waals surface area contributed by atoms with Gasteiger partial charge in [-0.2, -0.15) is 0 Å². The van der Waals surface area contributed by atoms with E-state index in [9.17, 15) is 19.5 Å². The van der Waals surface area contributed by atoms with Gasteiger partial charge in [0.15, 0.2) is 0 Å². The number of carbonyl (C=O) groups is 1. The summed E-state index contributed by atoms with van der Waals surface area (Å²) in [6, 6.07) is 7.19. The second kappa shape index (κ2) is 9.52. The molecule has 2 rings (SSSR count). The smallest absolute Gasteiger partial charge is 0.330 e. The zero-order valence-corrected chi connectivity index (χ0v) is 15.0. The quantitative estimate of drug-likeness (QED) is 0.433. The van der Waals surface area contributed by atoms with Crippen LogP contribution in [0.5, 0.6) is 0 Å². The van der Waals surface area contributed by atoms with Gasteiger partial charge in [0.25, 0.3) is 5.56 Å². The maximum Gasteiger partial charge on any atom is 0.330 e. The number of nitrogens with one attached hydrogen (secondary N) is 1. The molecule has 0 amide bonds. The summed E-state index contributed by atoms with van der Waals surface area (Å²) in [6.07, 6.45) is 0.187. The third-order valence-electron chi connectivity index (χ3n) is 3.51. The average Bonchev–Trinajstić information content (AvgIpc) is 2.62. The van der Waals surface area contributed by atoms with Crippen LogP contribution >= 0.6 is 0 Å². The van der Waals surface area contributed by atoms with Gasteiger partial charge in [0.2, 0.25) is 0 Å². The number of rotatable bonds is 6. The summed E-state index contributed by atoms with van der Waals surface area (Å²) in [7, 11) is 0. The standard InChI is InChI=1S/C19H20N2O6/c1-13-3-5-15(6-4-13)17(23)8-7-16-11-21(19(25)20-18(16)24)12-26-9-10-27-14(2)22/h3-6,11,17,23H,9-10,12H2,1-2H3,(H,20,24,25). The molecule has 1 heterocycles. The number of aromatic amines is 1. The molecule has 1 atom stereocenters. The first-order valence-electron chi connectivity index (χ1n) is 8.18. The van der Waals surface area contributed by atoms with Crippen molar-refractivity contribution in [1.82, 2.24) is 9.55 Å². The van der Waals surface area contributed by atoms with E-state index in [0.717, 1.165) is 10.1 Å². The third kappa shape index (κ3) is 6.26. The van der Waals surface area contributed by atoms with Gasteiger partial charge in [0, 0.05) is 13.1 Å². The van der Waals surface area contributed by atoms with Gasteiger partial charge < -0.3 is 14.6 Å². The van der Waals surface area contributed by atoms with E-state index in [1.165, 1.54) is 13.1 Å². The van der Waals surface area contributed by atoms with Crippen molar-refractivity contribution in [3.8, 4) is 11.8 Å². The van der Waals surface area contributed by atoms with E-state index in [1.807, 2.05) is 19.1 Å². The van der Waals surface area contributed by atoms with Crippen LogP contribution in [0.25, 0.3) is 0 Å². The van der Waals surface area contributed by atoms with Crippen LogP contribution in [0.1, 0.15) is 29.7 Å². The van der Waals surface area contributed by atoms with Gasteiger partial charge in [-0.15, -0.1) is 0 Å². The van der Waals surface area contributed by atoms with Crippen LogP contribution in [0.3, 0.4) is 0 Å². The highest BCUT2D eigenvalue weighted by Gasteiger charge is 2.05. The van der Waals surface area contributed by atoms with E-state index in [1.54, 1.807) is 12.1 Å². The molecule has 0 fully saturated rings. The van der Waals surface area contributed by atoms with Crippen molar-refractivity contribution in [1.29, 1.82) is 0 Å². The summed E-state index contributed by atoms with van der Waals surface area (Å²) in [5.41, 5.74) is 0.365. The first-order chi connectivity index (χ1) is 12.9. The molecular formula is C19H20N2O6. The van der Waals surface area contributed by atoms with Crippen LogP contribution in [0.2, 0.25) is 0 Å². The average molecular weight is 372 g/mol. The van der Waals surface area contributed by atoms with Crippen molar-refractivity contribution in [3.05, 3.63) is 68.0 Å². The SMILES string of the molecule is CC(=O)OCCOCn1cc(C#CC(O)c2ccc(C)cc2)c(=O)[nH]c1=O. The molecule has 2 N–H and O–H groups in total. The van der Waals surface area contributed by atoms with Crippen molar-refractivity contribution >= 4 is 5.97 Å². The van der Waals surface area contributed by atoms with Gasteiger partial charge in [-0.25, -0.2) is 4.79 Å². The fraction of sp³-hybridized carbons (Fsp3) is 0.316. The second-order valence-corrected chi connectivity index (χ2v) is 5.73. The van der Waals surface area contributed by atoms with Gasteiger partial charge in [0.1, 0.15) is 25.0 Å². The minimum absolute atomic E-state index is 0.0179. The Hall–Kier alpha value is -3.15. The molecule has 0 bridgehead atoms. The molecule has 0 aliphatic heterocycles. The lowest BCUT2D eigenvalue weighted by Gasteiger charge is -2.07. The topological polar surface area (TPSA) is 111 Å². The number of nitrogens with zero attached hydrogens (tertiary/aromatic N) is 1. The Morgan fingerprint density at radius 2 is 1.96 bits per heavy atom. The summed E-state index contributed by atoms with van der Waals surface area (Å²) in [4.78, 5) is 36.5. The lowest BCUT2D eigenvalue weighted by molar-refractivity contribution is -0.142. The maximum absolute atomic E-state index is 11.9. The molecular weight excluding hydrogens is 352 g/mol. The van der Waals surface area contributed by atoms with Gasteiger partial charge in [0.05, 0.1) is 6.61 Å². The van der Waals surface area contributed by atoms with Crippen molar-refractivity contribution < 1.29 is 19.4 Å². The van der Waals surface area contributed by atoms with Crippen molar-refractivity contribution in [3.63, 3.8) is 0 Å². The number of ether oxygens (including phenoxy) is 2. The fourth-order valence-corrected chi connectivity index (χ4v) is 2.08. The lowest BCUT2D eigenvalue weighted by Crippen LogP contribution is -2.32. The number of aryl methyl sites for hydroxylation is 1. The Morgan fingerprint density at radius 3 is 2.63 bits per heavy atom. The minimum Gasteiger partial charge on any atom is -0.463 e. The Kier molecular flexibility index (Phi) is 7.11. The van der Waals surface area contributed by atoms with E-state index >= 15 is 0 Å². The Bertz CT molecular complexity index is 963. The summed E-state index contributed by atoms with van der Waals surface area (Å²) in [5.74, 6) is 4.74. The van der Waals surface area contributed by atoms with Gasteiger partial charge >= 0.3 is 11.7 Å². The van der Waals surface area contributed by atoms with Gasteiger partial charge in [-0.3, -0.25) is 19.1 Å². The fourth-order valence-electron chi connectivity index (χ4n) is 2.08. The van der Waals surface area contributed by atoms with E-state index in [-0.39, 0.29) is 25.5 Å². The summed E-state index contributed by atoms with van der Waals surface area (Å²) < 4.78 is 11.0. The zero-order chi connectivity index (χ0) is 19.8. The van der Waals surface area contributed by atoms with Gasteiger partial charge in [-0.05, 0) is 12.5 Å². The predicted molar refractivity (Wildman–Crippen MR) is 96.9 cm³/mol. The van der Waals surface area contributed by atoms with Crippen molar-refractivity contribution in [2.45, 2.75) is 26.7 Å². The van der Waals surface area contributed by atoms with Crippen LogP contribution in [0.4, 0.5) is 0 Å². The van der Waals surface area contributed by atoms with Crippen LogP contribution in [0.15, 0.2) is 40.1 Å². The number of benzene rings is 1. The Balaban J connectivity index is 2.09. The highest BCUT2D eigenvalue weighted by atomic mass is 16.6. The number of hydrogen-bond donors (Lipinski definition) is 2. The number of H-pyrrole nitrogens is 1. The molecule has 0 spiro atoms. The van der Waals surface area contributed by atoms with E-state index < -0.39 is 23.3 Å². The molecule has 8 heteroatoms. The highest BCUT2D eigenvalue weighted by molar-refractivity contribution is 5.65. The normalized spacial score (nSPS) is 11.4. The van der Waals surface area contributed by atoms with Crippen molar-refractivity contribution in [2.24, 2.45) is 0 Å². The third-order valence-corrected chi connectivity index (χ3v) is 3.51. The predicted octanol–water partition coefficient (Wildman–Crippen LogP) is 0.467. The summed E-state index contributed by atoms with van der Waals surface area (Å²) in [6.45, 7) is 3.22. The zero-order valence-electron chi connectivity index (χ0n) is 15.0. The Morgan fingerprint density at radius 1 is 1.26 bits per heavy atom. The molecule has 1 aromatic heterocycles. The molecule has 0 aliphatic rings. The number of hydrogen-bond acceptors (Lipinski definition) is 6. The molecule has 27 heavy (non-hydrogen) atoms. The molecule has 0 radical (unpaired) electrons. The molecule has 2 aromatic rings. The van der Waals surface area contributed by atoms with Gasteiger partial charge in [-0.1, -0.05) is 41.7 Å². The monoisotopic (exact) mass is 372 g/mol. The second-order valence-electron chi connectivity index (χ2n) is 5.73. The maximum atomic E-state index is 11.9. The molecule has 8 nitrogen and oxygen atoms in total. The molecule has 0 aliphatic carbocycles. The van der Waals surface area contributed by atoms with Crippen LogP contribution < -0.4 is 11.2 Å². The number of aliphatic hydroxyl groups excluding tert-OH is 1.